The number of ether oxygens (including phenoxy) is 7. The van der Waals surface area contributed by atoms with Crippen molar-refractivity contribution in [1.82, 2.24) is 0 Å². The van der Waals surface area contributed by atoms with E-state index in [0.717, 1.165) is 0 Å². The Hall–Kier alpha value is -3.85. The van der Waals surface area contributed by atoms with Gasteiger partial charge < -0.3 is 38.3 Å². The normalized spacial score (nSPS) is 46.3. The molecular formula is C44H60O15. The van der Waals surface area contributed by atoms with Gasteiger partial charge in [-0.15, -0.1) is 0 Å². The molecular weight excluding hydrogens is 768 g/mol. The van der Waals surface area contributed by atoms with Crippen LogP contribution in [-0.4, -0.2) is 95.0 Å². The molecule has 0 aromatic rings. The highest BCUT2D eigenvalue weighted by atomic mass is 16.6. The lowest BCUT2D eigenvalue weighted by Gasteiger charge is -2.65. The SMILES string of the molecule is CC(=O)O[C@H]1[C@H]2[C@H]([C@@H]3[C@@H](O)[C@@H]4[C@H]([C@H](C)C=C5OC(=O)[C@@](C)(OC(=O)CC(C)C)[C@@]54C)[C@@]3(C)[C@H]1OC(C)=O)[C@@H](OC(=O)CC(C)C)C(=O)[C@H]1C[C@@H]3O[C@@H]3[C@H](OC(C)=O)[C@]21C. The van der Waals surface area contributed by atoms with Crippen molar-refractivity contribution in [1.29, 1.82) is 0 Å². The van der Waals surface area contributed by atoms with E-state index < -0.39 is 148 Å². The van der Waals surface area contributed by atoms with Crippen LogP contribution in [0.25, 0.3) is 0 Å². The van der Waals surface area contributed by atoms with E-state index in [4.69, 9.17) is 33.2 Å². The maximum Gasteiger partial charge on any atom is 0.356 e. The quantitative estimate of drug-likeness (QED) is 0.198. The minimum atomic E-state index is -1.94. The second kappa shape index (κ2) is 14.4. The minimum Gasteiger partial charge on any atom is -0.459 e. The van der Waals surface area contributed by atoms with Gasteiger partial charge in [-0.3, -0.25) is 28.8 Å². The van der Waals surface area contributed by atoms with Gasteiger partial charge in [0.2, 0.25) is 5.60 Å². The molecule has 1 N–H and O–H groups in total. The average Bonchev–Trinajstić information content (AvgIpc) is 3.78. The first-order valence-electron chi connectivity index (χ1n) is 21.1. The highest BCUT2D eigenvalue weighted by Crippen LogP contribution is 2.76. The fourth-order valence-electron chi connectivity index (χ4n) is 13.3. The third-order valence-corrected chi connectivity index (χ3v) is 15.5. The van der Waals surface area contributed by atoms with Crippen LogP contribution >= 0.6 is 0 Å². The van der Waals surface area contributed by atoms with Crippen LogP contribution in [0.4, 0.5) is 0 Å². The molecule has 6 fully saturated rings. The largest absolute Gasteiger partial charge is 0.459 e. The first-order chi connectivity index (χ1) is 27.3. The van der Waals surface area contributed by atoms with Gasteiger partial charge in [-0.05, 0) is 50.0 Å². The fraction of sp³-hybridized carbons (Fsp3) is 0.795. The number of aliphatic hydroxyl groups excluding tert-OH is 1. The molecule has 15 nitrogen and oxygen atoms in total. The molecule has 2 saturated heterocycles. The number of fused-ring (bicyclic) bond motifs is 10. The number of epoxide rings is 1. The molecule has 0 amide bonds. The summed E-state index contributed by atoms with van der Waals surface area (Å²) < 4.78 is 43.2. The maximum atomic E-state index is 15.3. The lowest BCUT2D eigenvalue weighted by atomic mass is 9.41. The number of rotatable bonds is 9. The third kappa shape index (κ3) is 6.20. The Balaban J connectivity index is 1.50. The summed E-state index contributed by atoms with van der Waals surface area (Å²) in [6.07, 6.45) is -5.67. The molecule has 0 aromatic carbocycles. The summed E-state index contributed by atoms with van der Waals surface area (Å²) >= 11 is 0. The third-order valence-electron chi connectivity index (χ3n) is 15.5. The Bertz CT molecular complexity index is 1870. The molecule has 0 bridgehead atoms. The molecule has 0 spiro atoms. The lowest BCUT2D eigenvalue weighted by Crippen LogP contribution is -2.75. The van der Waals surface area contributed by atoms with E-state index in [1.165, 1.54) is 27.7 Å². The Labute approximate surface area is 344 Å². The van der Waals surface area contributed by atoms with Gasteiger partial charge in [0.1, 0.15) is 30.2 Å². The van der Waals surface area contributed by atoms with Crippen LogP contribution in [0.3, 0.4) is 0 Å². The van der Waals surface area contributed by atoms with Crippen LogP contribution in [0.5, 0.6) is 0 Å². The number of Topliss-reactive ketones (excluding diaryl/α,β-unsaturated/α-hetero) is 1. The highest BCUT2D eigenvalue weighted by Gasteiger charge is 2.84. The van der Waals surface area contributed by atoms with Crippen molar-refractivity contribution >= 4 is 41.6 Å². The van der Waals surface area contributed by atoms with E-state index in [1.807, 2.05) is 41.5 Å². The molecule has 0 aromatic heterocycles. The average molecular weight is 829 g/mol. The van der Waals surface area contributed by atoms with Crippen molar-refractivity contribution in [2.24, 2.45) is 69.5 Å². The molecule has 7 aliphatic rings. The van der Waals surface area contributed by atoms with Crippen molar-refractivity contribution in [3.05, 3.63) is 11.8 Å². The number of carbonyl (C=O) groups excluding carboxylic acids is 7. The molecule has 18 atom stereocenters. The van der Waals surface area contributed by atoms with E-state index in [1.54, 1.807) is 19.9 Å². The second-order valence-corrected chi connectivity index (χ2v) is 20.0. The highest BCUT2D eigenvalue weighted by molar-refractivity contribution is 5.91. The van der Waals surface area contributed by atoms with Gasteiger partial charge >= 0.3 is 35.8 Å². The van der Waals surface area contributed by atoms with Gasteiger partial charge in [-0.1, -0.05) is 48.5 Å². The van der Waals surface area contributed by atoms with E-state index >= 15 is 4.79 Å². The zero-order valence-corrected chi connectivity index (χ0v) is 36.1. The fourth-order valence-corrected chi connectivity index (χ4v) is 13.3. The van der Waals surface area contributed by atoms with Gasteiger partial charge in [0.05, 0.1) is 17.6 Å². The first kappa shape index (κ1) is 43.2. The smallest absolute Gasteiger partial charge is 0.356 e. The Morgan fingerprint density at radius 1 is 0.780 bits per heavy atom. The van der Waals surface area contributed by atoms with Crippen molar-refractivity contribution in [3.63, 3.8) is 0 Å². The molecule has 5 aliphatic carbocycles. The summed E-state index contributed by atoms with van der Waals surface area (Å²) in [6.45, 7) is 19.7. The first-order valence-corrected chi connectivity index (χ1v) is 21.1. The number of carbonyl (C=O) groups is 7. The summed E-state index contributed by atoms with van der Waals surface area (Å²) in [7, 11) is 0. The number of hydrogen-bond acceptors (Lipinski definition) is 15. The molecule has 326 valence electrons. The van der Waals surface area contributed by atoms with Gasteiger partial charge in [0.25, 0.3) is 0 Å². The zero-order valence-electron chi connectivity index (χ0n) is 36.1. The molecule has 59 heavy (non-hydrogen) atoms. The van der Waals surface area contributed by atoms with E-state index in [9.17, 15) is 33.9 Å². The summed E-state index contributed by atoms with van der Waals surface area (Å²) in [4.78, 5) is 96.3. The zero-order chi connectivity index (χ0) is 43.6. The van der Waals surface area contributed by atoms with E-state index in [-0.39, 0.29) is 36.9 Å². The molecule has 7 rings (SSSR count). The van der Waals surface area contributed by atoms with Gasteiger partial charge in [0, 0.05) is 74.0 Å². The predicted octanol–water partition coefficient (Wildman–Crippen LogP) is 4.04. The number of ketones is 1. The van der Waals surface area contributed by atoms with Gasteiger partial charge in [-0.2, -0.15) is 0 Å². The number of allylic oxidation sites excluding steroid dienone is 1. The van der Waals surface area contributed by atoms with Crippen LogP contribution < -0.4 is 0 Å². The minimum absolute atomic E-state index is 0.00802. The van der Waals surface area contributed by atoms with E-state index in [2.05, 4.69) is 0 Å². The van der Waals surface area contributed by atoms with Crippen molar-refractivity contribution in [2.75, 3.05) is 0 Å². The molecule has 15 heteroatoms. The lowest BCUT2D eigenvalue weighted by molar-refractivity contribution is -0.274. The van der Waals surface area contributed by atoms with Crippen molar-refractivity contribution < 1.29 is 71.8 Å². The monoisotopic (exact) mass is 828 g/mol. The molecule has 2 aliphatic heterocycles. The molecule has 2 heterocycles. The number of aliphatic hydroxyl groups is 1. The van der Waals surface area contributed by atoms with Crippen LogP contribution in [-0.2, 0) is 66.7 Å². The van der Waals surface area contributed by atoms with Crippen molar-refractivity contribution in [2.45, 2.75) is 151 Å². The summed E-state index contributed by atoms with van der Waals surface area (Å²) in [5.74, 6) is -11.0. The predicted molar refractivity (Wildman–Crippen MR) is 203 cm³/mol. The number of hydrogen-bond donors (Lipinski definition) is 1. The molecule has 4 saturated carbocycles. The molecule has 0 unspecified atom stereocenters. The summed E-state index contributed by atoms with van der Waals surface area (Å²) in [6, 6.07) is 0. The standard InChI is InChI=1S/C44H60O15/c1-17(2)13-26(48)58-36-28-30-34(51)32-29(19(5)15-25-43(32,11)44(12,40(52)57-25)59-27(49)14-18(3)4)42(30,10)39(55-22(8)47)37(53-20(6)45)31(28)41(9)23(33(36)50)16-24-35(56-24)38(41)54-21(7)46/h15,17-19,23-24,28-32,34-39,51H,13-14,16H2,1-12H3/t19-,23-,24+,28+,29+,30-,31-,32+,34-,35+,36-,37+,38+,39+,41+,42-,43+,44-/m1/s1. The Morgan fingerprint density at radius 2 is 1.36 bits per heavy atom. The Morgan fingerprint density at radius 3 is 1.93 bits per heavy atom. The van der Waals surface area contributed by atoms with Crippen LogP contribution in [0, 0.1) is 69.5 Å². The van der Waals surface area contributed by atoms with Crippen LogP contribution in [0.1, 0.15) is 102 Å². The van der Waals surface area contributed by atoms with Crippen molar-refractivity contribution in [3.8, 4) is 0 Å². The molecule has 0 radical (unpaired) electrons. The van der Waals surface area contributed by atoms with Crippen LogP contribution in [0.15, 0.2) is 11.8 Å². The van der Waals surface area contributed by atoms with Crippen LogP contribution in [0.2, 0.25) is 0 Å². The maximum absolute atomic E-state index is 15.3. The van der Waals surface area contributed by atoms with Gasteiger partial charge in [-0.25, -0.2) is 4.79 Å². The summed E-state index contributed by atoms with van der Waals surface area (Å²) in [5.41, 5.74) is -6.19. The second-order valence-electron chi connectivity index (χ2n) is 20.0. The Kier molecular flexibility index (Phi) is 10.5. The number of esters is 6. The topological polar surface area (TPSA) is 208 Å². The van der Waals surface area contributed by atoms with E-state index in [0.29, 0.717) is 0 Å². The summed E-state index contributed by atoms with van der Waals surface area (Å²) in [5, 5.41) is 13.4. The van der Waals surface area contributed by atoms with Gasteiger partial charge in [0.15, 0.2) is 11.9 Å².